The first-order valence-corrected chi connectivity index (χ1v) is 11.6. The first-order valence-electron chi connectivity index (χ1n) is 9.38. The van der Waals surface area contributed by atoms with Crippen LogP contribution in [0.5, 0.6) is 5.75 Å². The number of urea groups is 1. The third-order valence-corrected chi connectivity index (χ3v) is 6.43. The van der Waals surface area contributed by atoms with Crippen LogP contribution >= 0.6 is 0 Å². The predicted molar refractivity (Wildman–Crippen MR) is 115 cm³/mol. The third kappa shape index (κ3) is 7.31. The average molecular weight is 464 g/mol. The van der Waals surface area contributed by atoms with E-state index in [9.17, 15) is 4.79 Å². The Morgan fingerprint density at radius 1 is 1.17 bits per heavy atom. The van der Waals surface area contributed by atoms with E-state index in [1.165, 1.54) is 0 Å². The van der Waals surface area contributed by atoms with Gasteiger partial charge in [-0.25, -0.2) is 0 Å². The number of hydrogen-bond acceptors (Lipinski definition) is 6. The summed E-state index contributed by atoms with van der Waals surface area (Å²) < 4.78 is 16.7. The molecule has 0 saturated carbocycles. The topological polar surface area (TPSA) is 85.8 Å². The number of amides is 2. The summed E-state index contributed by atoms with van der Waals surface area (Å²) in [5.41, 5.74) is 0.699. The fraction of sp³-hybridized carbons (Fsp3) is 0.450. The van der Waals surface area contributed by atoms with E-state index in [1.807, 2.05) is 24.3 Å². The van der Waals surface area contributed by atoms with Crippen LogP contribution in [0.2, 0.25) is 4.71 Å². The molecule has 8 nitrogen and oxygen atoms in total. The first kappa shape index (κ1) is 23.1. The normalized spacial score (nSPS) is 12.1. The van der Waals surface area contributed by atoms with Crippen LogP contribution < -0.4 is 19.6 Å². The Kier molecular flexibility index (Phi) is 9.91. The molecule has 2 aromatic rings. The monoisotopic (exact) mass is 464 g/mol. The fourth-order valence-corrected chi connectivity index (χ4v) is 4.77. The van der Waals surface area contributed by atoms with Gasteiger partial charge >= 0.3 is 179 Å². The SMILES string of the molecule is COCCCNC(=O)N(c1ccc(OC)cc1)c1ccnc([AsH]C(C)COC)n1. The van der Waals surface area contributed by atoms with Gasteiger partial charge in [0.1, 0.15) is 0 Å². The van der Waals surface area contributed by atoms with Crippen molar-refractivity contribution < 1.29 is 19.0 Å². The molecule has 0 bridgehead atoms. The molecule has 2 unspecified atom stereocenters. The van der Waals surface area contributed by atoms with E-state index in [0.717, 1.165) is 16.8 Å². The molecule has 0 radical (unpaired) electrons. The van der Waals surface area contributed by atoms with Crippen LogP contribution in [0.4, 0.5) is 16.3 Å². The van der Waals surface area contributed by atoms with E-state index in [1.54, 1.807) is 38.5 Å². The number of methoxy groups -OCH3 is 3. The predicted octanol–water partition coefficient (Wildman–Crippen LogP) is 1.89. The van der Waals surface area contributed by atoms with Crippen LogP contribution in [-0.4, -0.2) is 72.8 Å². The van der Waals surface area contributed by atoms with E-state index in [0.29, 0.717) is 36.0 Å². The number of rotatable bonds is 11. The Morgan fingerprint density at radius 3 is 2.59 bits per heavy atom. The molecule has 0 saturated heterocycles. The first-order chi connectivity index (χ1) is 14.1. The van der Waals surface area contributed by atoms with Gasteiger partial charge in [-0.2, -0.15) is 0 Å². The van der Waals surface area contributed by atoms with Crippen LogP contribution in [0.3, 0.4) is 0 Å². The number of ether oxygens (including phenoxy) is 3. The van der Waals surface area contributed by atoms with Crippen LogP contribution in [0.1, 0.15) is 13.3 Å². The van der Waals surface area contributed by atoms with Crippen molar-refractivity contribution in [1.29, 1.82) is 0 Å². The molecule has 0 aliphatic rings. The molecule has 2 atom stereocenters. The molecule has 2 rings (SSSR count). The summed E-state index contributed by atoms with van der Waals surface area (Å²) in [6.07, 6.45) is 2.43. The van der Waals surface area contributed by atoms with Gasteiger partial charge in [0.15, 0.2) is 0 Å². The van der Waals surface area contributed by atoms with Crippen molar-refractivity contribution in [3.05, 3.63) is 36.5 Å². The van der Waals surface area contributed by atoms with Crippen molar-refractivity contribution in [2.45, 2.75) is 18.1 Å². The molecule has 0 fully saturated rings. The molecule has 1 heterocycles. The number of aromatic nitrogens is 2. The summed E-state index contributed by atoms with van der Waals surface area (Å²) in [5, 5.41) is 2.93. The number of nitrogens with one attached hydrogen (secondary N) is 1. The number of benzene rings is 1. The second-order valence-electron chi connectivity index (χ2n) is 6.35. The summed E-state index contributed by atoms with van der Waals surface area (Å²) in [7, 11) is 4.94. The molecule has 0 spiro atoms. The van der Waals surface area contributed by atoms with Gasteiger partial charge in [0.25, 0.3) is 0 Å². The van der Waals surface area contributed by atoms with Gasteiger partial charge in [0.05, 0.1) is 0 Å². The zero-order chi connectivity index (χ0) is 21.1. The zero-order valence-corrected chi connectivity index (χ0v) is 19.4. The molecule has 1 aromatic heterocycles. The Balaban J connectivity index is 2.27. The second kappa shape index (κ2) is 12.4. The molecular weight excluding hydrogens is 435 g/mol. The maximum absolute atomic E-state index is 13.0. The Labute approximate surface area is 178 Å². The summed E-state index contributed by atoms with van der Waals surface area (Å²) >= 11 is -0.592. The van der Waals surface area contributed by atoms with Gasteiger partial charge in [-0.3, -0.25) is 0 Å². The van der Waals surface area contributed by atoms with Crippen molar-refractivity contribution in [3.8, 4) is 5.75 Å². The zero-order valence-electron chi connectivity index (χ0n) is 17.3. The Morgan fingerprint density at radius 2 is 1.93 bits per heavy atom. The molecule has 0 aliphatic heterocycles. The standard InChI is InChI=1S/C20H29AsN4O4/c1-15(14-28-3)21-19-22-12-10-18(24-19)25(20(26)23-11-5-13-27-2)16-6-8-17(29-4)9-7-16/h6-10,12,15,21H,5,11,13-14H2,1-4H3,(H,23,26). The van der Waals surface area contributed by atoms with E-state index in [4.69, 9.17) is 14.2 Å². The van der Waals surface area contributed by atoms with Gasteiger partial charge in [-0.15, -0.1) is 0 Å². The molecule has 9 heteroatoms. The number of anilines is 2. The van der Waals surface area contributed by atoms with Gasteiger partial charge in [0.2, 0.25) is 0 Å². The molecule has 2 amide bonds. The molecular formula is C20H29AsN4O4. The molecule has 29 heavy (non-hydrogen) atoms. The van der Waals surface area contributed by atoms with Crippen molar-refractivity contribution >= 4 is 37.9 Å². The summed E-state index contributed by atoms with van der Waals surface area (Å²) in [6, 6.07) is 8.79. The van der Waals surface area contributed by atoms with E-state index >= 15 is 0 Å². The van der Waals surface area contributed by atoms with E-state index in [-0.39, 0.29) is 6.03 Å². The Bertz CT molecular complexity index is 760. The van der Waals surface area contributed by atoms with Gasteiger partial charge in [-0.1, -0.05) is 0 Å². The summed E-state index contributed by atoms with van der Waals surface area (Å²) in [4.78, 5) is 23.6. The third-order valence-electron chi connectivity index (χ3n) is 4.00. The molecule has 158 valence electrons. The van der Waals surface area contributed by atoms with E-state index in [2.05, 4.69) is 22.2 Å². The Hall–Kier alpha value is -2.15. The van der Waals surface area contributed by atoms with Crippen LogP contribution in [-0.2, 0) is 9.47 Å². The van der Waals surface area contributed by atoms with Crippen molar-refractivity contribution in [1.82, 2.24) is 15.3 Å². The van der Waals surface area contributed by atoms with Crippen molar-refractivity contribution in [2.24, 2.45) is 0 Å². The quantitative estimate of drug-likeness (QED) is 0.404. The number of nitrogens with zero attached hydrogens (tertiary/aromatic N) is 3. The molecule has 1 N–H and O–H groups in total. The minimum atomic E-state index is -0.592. The number of hydrogen-bond donors (Lipinski definition) is 1. The minimum absolute atomic E-state index is 0.249. The van der Waals surface area contributed by atoms with Crippen LogP contribution in [0, 0.1) is 0 Å². The van der Waals surface area contributed by atoms with Crippen LogP contribution in [0.15, 0.2) is 36.5 Å². The van der Waals surface area contributed by atoms with Crippen molar-refractivity contribution in [3.63, 3.8) is 0 Å². The van der Waals surface area contributed by atoms with Crippen molar-refractivity contribution in [2.75, 3.05) is 46.0 Å². The number of carbonyl (C=O) groups excluding carboxylic acids is 1. The molecule has 1 aromatic carbocycles. The number of carbonyl (C=O) groups is 1. The molecule has 0 aliphatic carbocycles. The van der Waals surface area contributed by atoms with Gasteiger partial charge in [-0.05, 0) is 0 Å². The summed E-state index contributed by atoms with van der Waals surface area (Å²) in [6.45, 7) is 3.90. The summed E-state index contributed by atoms with van der Waals surface area (Å²) in [5.74, 6) is 1.26. The maximum atomic E-state index is 13.0. The fourth-order valence-electron chi connectivity index (χ4n) is 2.63. The average Bonchev–Trinajstić information content (AvgIpc) is 2.72. The second-order valence-corrected chi connectivity index (χ2v) is 9.96. The van der Waals surface area contributed by atoms with Gasteiger partial charge < -0.3 is 0 Å². The van der Waals surface area contributed by atoms with Crippen LogP contribution in [0.25, 0.3) is 0 Å². The van der Waals surface area contributed by atoms with Gasteiger partial charge in [0, 0.05) is 0 Å². The van der Waals surface area contributed by atoms with E-state index < -0.39 is 15.8 Å².